The first-order valence-electron chi connectivity index (χ1n) is 8.38. The maximum Gasteiger partial charge on any atom is 0.390 e. The van der Waals surface area contributed by atoms with E-state index >= 15 is 0 Å². The molecule has 0 atom stereocenters. The molecule has 6 nitrogen and oxygen atoms in total. The molecule has 0 aromatic heterocycles. The zero-order valence-electron chi connectivity index (χ0n) is 14.5. The number of hydrogen-bond donors (Lipinski definition) is 3. The highest BCUT2D eigenvalue weighted by Gasteiger charge is 2.26. The van der Waals surface area contributed by atoms with Gasteiger partial charge in [-0.2, -0.15) is 13.2 Å². The molecule has 0 saturated heterocycles. The lowest BCUT2D eigenvalue weighted by atomic mass is 10.2. The Bertz CT molecular complexity index is 631. The minimum absolute atomic E-state index is 0.0476. The lowest BCUT2D eigenvalue weighted by molar-refractivity contribution is -0.132. The van der Waals surface area contributed by atoms with E-state index in [1.165, 1.54) is 7.05 Å². The van der Waals surface area contributed by atoms with Crippen LogP contribution in [-0.2, 0) is 11.3 Å². The highest BCUT2D eigenvalue weighted by molar-refractivity contribution is 5.79. The number of nitrogens with one attached hydrogen (secondary N) is 3. The number of carbonyl (C=O) groups is 1. The second-order valence-corrected chi connectivity index (χ2v) is 6.00. The Labute approximate surface area is 150 Å². The van der Waals surface area contributed by atoms with Crippen molar-refractivity contribution in [1.82, 2.24) is 16.0 Å². The number of guanidine groups is 1. The number of benzene rings is 1. The van der Waals surface area contributed by atoms with E-state index in [4.69, 9.17) is 4.74 Å². The predicted octanol–water partition coefficient (Wildman–Crippen LogP) is 1.96. The summed E-state index contributed by atoms with van der Waals surface area (Å²) in [7, 11) is 1.49. The Hall–Kier alpha value is -2.45. The lowest BCUT2D eigenvalue weighted by Crippen LogP contribution is -2.38. The van der Waals surface area contributed by atoms with Gasteiger partial charge in [0.05, 0.1) is 6.42 Å². The molecule has 1 saturated carbocycles. The molecule has 0 spiro atoms. The van der Waals surface area contributed by atoms with E-state index < -0.39 is 12.6 Å². The first-order chi connectivity index (χ1) is 12.4. The van der Waals surface area contributed by atoms with Gasteiger partial charge in [-0.1, -0.05) is 12.1 Å². The molecule has 1 amide bonds. The van der Waals surface area contributed by atoms with Crippen LogP contribution in [0.4, 0.5) is 13.2 Å². The smallest absolute Gasteiger partial charge is 0.390 e. The van der Waals surface area contributed by atoms with E-state index in [9.17, 15) is 18.0 Å². The van der Waals surface area contributed by atoms with Crippen LogP contribution in [0.5, 0.6) is 5.75 Å². The maximum absolute atomic E-state index is 12.2. The quantitative estimate of drug-likeness (QED) is 0.482. The highest BCUT2D eigenvalue weighted by atomic mass is 19.4. The van der Waals surface area contributed by atoms with Crippen molar-refractivity contribution in [3.63, 3.8) is 0 Å². The molecule has 0 aliphatic heterocycles. The van der Waals surface area contributed by atoms with E-state index in [-0.39, 0.29) is 25.0 Å². The number of ether oxygens (including phenoxy) is 1. The molecule has 3 N–H and O–H groups in total. The van der Waals surface area contributed by atoms with Gasteiger partial charge < -0.3 is 20.7 Å². The molecule has 1 aromatic rings. The fraction of sp³-hybridized carbons (Fsp3) is 0.529. The Morgan fingerprint density at radius 2 is 2.08 bits per heavy atom. The molecule has 2 rings (SSSR count). The fourth-order valence-electron chi connectivity index (χ4n) is 2.12. The molecule has 26 heavy (non-hydrogen) atoms. The Kier molecular flexibility index (Phi) is 7.11. The summed E-state index contributed by atoms with van der Waals surface area (Å²) < 4.78 is 42.0. The Morgan fingerprint density at radius 1 is 1.31 bits per heavy atom. The zero-order valence-corrected chi connectivity index (χ0v) is 14.5. The molecule has 0 unspecified atom stereocenters. The topological polar surface area (TPSA) is 74.8 Å². The number of halogens is 3. The summed E-state index contributed by atoms with van der Waals surface area (Å²) in [4.78, 5) is 15.5. The van der Waals surface area contributed by atoms with Gasteiger partial charge in [0.1, 0.15) is 5.75 Å². The van der Waals surface area contributed by atoms with E-state index in [1.54, 1.807) is 18.2 Å². The zero-order chi connectivity index (χ0) is 19.0. The summed E-state index contributed by atoms with van der Waals surface area (Å²) in [5.41, 5.74) is 0.851. The van der Waals surface area contributed by atoms with Gasteiger partial charge in [-0.05, 0) is 30.5 Å². The van der Waals surface area contributed by atoms with Gasteiger partial charge in [-0.15, -0.1) is 0 Å². The molecule has 144 valence electrons. The summed E-state index contributed by atoms with van der Waals surface area (Å²) >= 11 is 0. The van der Waals surface area contributed by atoms with Crippen molar-refractivity contribution in [3.05, 3.63) is 29.8 Å². The van der Waals surface area contributed by atoms with Gasteiger partial charge in [-0.25, -0.2) is 0 Å². The number of hydrogen-bond acceptors (Lipinski definition) is 3. The van der Waals surface area contributed by atoms with Crippen LogP contribution in [0.2, 0.25) is 0 Å². The SMILES string of the molecule is CN=C(NCCC(F)(F)F)NCc1cccc(OCC(=O)NC2CC2)c1. The number of alkyl halides is 3. The van der Waals surface area contributed by atoms with Crippen LogP contribution in [0.3, 0.4) is 0 Å². The molecule has 1 fully saturated rings. The van der Waals surface area contributed by atoms with Gasteiger partial charge in [0.15, 0.2) is 12.6 Å². The van der Waals surface area contributed by atoms with Crippen molar-refractivity contribution in [3.8, 4) is 5.75 Å². The Balaban J connectivity index is 1.74. The monoisotopic (exact) mass is 372 g/mol. The number of aliphatic imine (C=N–C) groups is 1. The van der Waals surface area contributed by atoms with Gasteiger partial charge in [0, 0.05) is 26.2 Å². The Morgan fingerprint density at radius 3 is 2.73 bits per heavy atom. The third-order valence-corrected chi connectivity index (χ3v) is 3.60. The summed E-state index contributed by atoms with van der Waals surface area (Å²) in [5.74, 6) is 0.685. The van der Waals surface area contributed by atoms with Crippen molar-refractivity contribution in [2.24, 2.45) is 4.99 Å². The molecular formula is C17H23F3N4O2. The minimum Gasteiger partial charge on any atom is -0.484 e. The molecular weight excluding hydrogens is 349 g/mol. The molecule has 1 aliphatic rings. The van der Waals surface area contributed by atoms with E-state index in [0.717, 1.165) is 18.4 Å². The number of rotatable bonds is 8. The van der Waals surface area contributed by atoms with Crippen LogP contribution in [0, 0.1) is 0 Å². The van der Waals surface area contributed by atoms with E-state index in [0.29, 0.717) is 18.3 Å². The van der Waals surface area contributed by atoms with E-state index in [2.05, 4.69) is 20.9 Å². The van der Waals surface area contributed by atoms with Gasteiger partial charge in [0.2, 0.25) is 0 Å². The normalized spacial score (nSPS) is 14.7. The standard InChI is InChI=1S/C17H23F3N4O2/c1-21-16(22-8-7-17(18,19)20)23-10-12-3-2-4-14(9-12)26-11-15(25)24-13-5-6-13/h2-4,9,13H,5-8,10-11H2,1H3,(H,24,25)(H2,21,22,23). The molecule has 0 bridgehead atoms. The minimum atomic E-state index is -4.21. The molecule has 1 aromatic carbocycles. The average molecular weight is 372 g/mol. The van der Waals surface area contributed by atoms with Gasteiger partial charge in [0.25, 0.3) is 5.91 Å². The van der Waals surface area contributed by atoms with Crippen molar-refractivity contribution >= 4 is 11.9 Å². The van der Waals surface area contributed by atoms with Gasteiger partial charge in [-0.3, -0.25) is 9.79 Å². The number of nitrogens with zero attached hydrogens (tertiary/aromatic N) is 1. The largest absolute Gasteiger partial charge is 0.484 e. The summed E-state index contributed by atoms with van der Waals surface area (Å²) in [6.45, 7) is 0.0631. The van der Waals surface area contributed by atoms with Gasteiger partial charge >= 0.3 is 6.18 Å². The van der Waals surface area contributed by atoms with Crippen molar-refractivity contribution in [2.45, 2.75) is 38.0 Å². The predicted molar refractivity (Wildman–Crippen MR) is 92.0 cm³/mol. The van der Waals surface area contributed by atoms with Crippen molar-refractivity contribution in [1.29, 1.82) is 0 Å². The third-order valence-electron chi connectivity index (χ3n) is 3.60. The van der Waals surface area contributed by atoms with Crippen LogP contribution in [0.1, 0.15) is 24.8 Å². The van der Waals surface area contributed by atoms with Crippen molar-refractivity contribution in [2.75, 3.05) is 20.2 Å². The molecule has 1 aliphatic carbocycles. The molecule has 0 radical (unpaired) electrons. The second-order valence-electron chi connectivity index (χ2n) is 6.00. The number of carbonyl (C=O) groups excluding carboxylic acids is 1. The first-order valence-corrected chi connectivity index (χ1v) is 8.38. The highest BCUT2D eigenvalue weighted by Crippen LogP contribution is 2.19. The maximum atomic E-state index is 12.2. The fourth-order valence-corrected chi connectivity index (χ4v) is 2.12. The summed E-state index contributed by atoms with van der Waals surface area (Å²) in [6, 6.07) is 7.42. The van der Waals surface area contributed by atoms with Crippen LogP contribution >= 0.6 is 0 Å². The average Bonchev–Trinajstić information content (AvgIpc) is 3.39. The molecule has 0 heterocycles. The summed E-state index contributed by atoms with van der Waals surface area (Å²) in [5, 5.41) is 8.38. The van der Waals surface area contributed by atoms with Crippen LogP contribution in [0.15, 0.2) is 29.3 Å². The number of amides is 1. The van der Waals surface area contributed by atoms with Crippen LogP contribution < -0.4 is 20.7 Å². The lowest BCUT2D eigenvalue weighted by Gasteiger charge is -2.13. The summed E-state index contributed by atoms with van der Waals surface area (Å²) in [6.07, 6.45) is -3.10. The molecule has 9 heteroatoms. The van der Waals surface area contributed by atoms with Crippen LogP contribution in [0.25, 0.3) is 0 Å². The first kappa shape index (κ1) is 19.9. The van der Waals surface area contributed by atoms with E-state index in [1.807, 2.05) is 6.07 Å². The second kappa shape index (κ2) is 9.30. The van der Waals surface area contributed by atoms with Crippen LogP contribution in [-0.4, -0.2) is 44.3 Å². The van der Waals surface area contributed by atoms with Crippen molar-refractivity contribution < 1.29 is 22.7 Å². The third kappa shape index (κ3) is 8.09.